The van der Waals surface area contributed by atoms with Crippen LogP contribution >= 0.6 is 11.3 Å². The Bertz CT molecular complexity index is 1460. The van der Waals surface area contributed by atoms with Crippen molar-refractivity contribution in [2.24, 2.45) is 0 Å². The molecule has 1 heterocycles. The fourth-order valence-corrected chi connectivity index (χ4v) is 7.21. The van der Waals surface area contributed by atoms with Crippen molar-refractivity contribution in [3.05, 3.63) is 64.0 Å². The molecule has 166 valence electrons. The molecule has 5 heteroatoms. The second-order valence-electron chi connectivity index (χ2n) is 11.0. The fraction of sp³-hybridized carbons (Fsp3) is 0.241. The van der Waals surface area contributed by atoms with Crippen molar-refractivity contribution in [3.8, 4) is 22.3 Å². The molecule has 0 aliphatic heterocycles. The van der Waals surface area contributed by atoms with Gasteiger partial charge in [0.05, 0.1) is 0 Å². The summed E-state index contributed by atoms with van der Waals surface area (Å²) in [7, 11) is 9.18. The van der Waals surface area contributed by atoms with Crippen molar-refractivity contribution in [2.45, 2.75) is 46.0 Å². The number of aryl methyl sites for hydroxylation is 1. The van der Waals surface area contributed by atoms with Gasteiger partial charge >= 0.3 is 0 Å². The van der Waals surface area contributed by atoms with E-state index in [1.54, 1.807) is 0 Å². The average molecular weight is 456 g/mol. The second kappa shape index (κ2) is 8.38. The Labute approximate surface area is 212 Å². The minimum atomic E-state index is 0.0104. The van der Waals surface area contributed by atoms with E-state index in [1.807, 2.05) is 11.3 Å². The van der Waals surface area contributed by atoms with Gasteiger partial charge in [0.2, 0.25) is 0 Å². The largest absolute Gasteiger partial charge is 0.139 e. The van der Waals surface area contributed by atoms with Crippen LogP contribution in [0.1, 0.15) is 48.8 Å². The van der Waals surface area contributed by atoms with Crippen LogP contribution in [0.15, 0.2) is 42.5 Å². The maximum Gasteiger partial charge on any atom is 0.139 e. The fourth-order valence-electron chi connectivity index (χ4n) is 5.88. The van der Waals surface area contributed by atoms with Crippen LogP contribution in [0.5, 0.6) is 0 Å². The van der Waals surface area contributed by atoms with Gasteiger partial charge < -0.3 is 0 Å². The molecule has 3 aromatic carbocycles. The van der Waals surface area contributed by atoms with E-state index in [-0.39, 0.29) is 5.41 Å². The zero-order valence-corrected chi connectivity index (χ0v) is 22.8. The minimum absolute atomic E-state index is 0.0104. The maximum absolute atomic E-state index is 2.37. The van der Waals surface area contributed by atoms with Gasteiger partial charge in [-0.1, -0.05) is 96.7 Å². The molecule has 5 rings (SSSR count). The van der Waals surface area contributed by atoms with Crippen LogP contribution in [0.4, 0.5) is 0 Å². The van der Waals surface area contributed by atoms with Crippen molar-refractivity contribution in [1.29, 1.82) is 0 Å². The van der Waals surface area contributed by atoms with E-state index in [4.69, 9.17) is 0 Å². The lowest BCUT2D eigenvalue weighted by Crippen LogP contribution is -2.45. The second-order valence-corrected chi connectivity index (χ2v) is 12.1. The third-order valence-electron chi connectivity index (χ3n) is 8.03. The molecule has 0 saturated carbocycles. The van der Waals surface area contributed by atoms with Gasteiger partial charge in [0.1, 0.15) is 31.4 Å². The molecule has 0 fully saturated rings. The highest BCUT2D eigenvalue weighted by atomic mass is 32.1. The summed E-state index contributed by atoms with van der Waals surface area (Å²) in [6, 6.07) is 13.9. The van der Waals surface area contributed by atoms with Gasteiger partial charge in [0, 0.05) is 15.0 Å². The average Bonchev–Trinajstić information content (AvgIpc) is 3.20. The maximum atomic E-state index is 2.37. The molecule has 0 nitrogen and oxygen atoms in total. The monoisotopic (exact) mass is 456 g/mol. The molecule has 0 N–H and O–H groups in total. The first kappa shape index (κ1) is 23.4. The third-order valence-corrected chi connectivity index (χ3v) is 9.34. The molecule has 0 atom stereocenters. The molecular formula is C29H32B4S. The molecule has 1 aliphatic rings. The first-order valence-electron chi connectivity index (χ1n) is 12.5. The summed E-state index contributed by atoms with van der Waals surface area (Å²) in [4.78, 5) is 1.54. The van der Waals surface area contributed by atoms with Crippen LogP contribution in [-0.4, -0.2) is 31.4 Å². The van der Waals surface area contributed by atoms with E-state index in [1.165, 1.54) is 75.8 Å². The third kappa shape index (κ3) is 3.55. The Morgan fingerprint density at radius 1 is 0.794 bits per heavy atom. The molecule has 0 unspecified atom stereocenters. The first-order chi connectivity index (χ1) is 16.1. The van der Waals surface area contributed by atoms with Gasteiger partial charge in [0.15, 0.2) is 0 Å². The van der Waals surface area contributed by atoms with E-state index in [0.717, 1.165) is 12.8 Å². The number of thiophene rings is 1. The number of rotatable bonds is 2. The smallest absolute Gasteiger partial charge is 0.139 e. The summed E-state index contributed by atoms with van der Waals surface area (Å²) in [6.07, 6.45) is 6.99. The Balaban J connectivity index is 1.87. The van der Waals surface area contributed by atoms with Crippen molar-refractivity contribution in [1.82, 2.24) is 0 Å². The molecule has 0 bridgehead atoms. The summed E-state index contributed by atoms with van der Waals surface area (Å²) in [5.41, 5.74) is 15.6. The predicted octanol–water partition coefficient (Wildman–Crippen LogP) is 1.83. The van der Waals surface area contributed by atoms with Gasteiger partial charge in [0.25, 0.3) is 0 Å². The van der Waals surface area contributed by atoms with Crippen molar-refractivity contribution in [2.75, 3.05) is 0 Å². The number of hydrogen-bond donors (Lipinski definition) is 0. The number of benzene rings is 3. The highest BCUT2D eigenvalue weighted by Gasteiger charge is 2.27. The molecular weight excluding hydrogens is 424 g/mol. The van der Waals surface area contributed by atoms with E-state index in [9.17, 15) is 0 Å². The first-order valence-corrected chi connectivity index (χ1v) is 13.3. The quantitative estimate of drug-likeness (QED) is 0.405. The van der Waals surface area contributed by atoms with E-state index in [2.05, 4.69) is 108 Å². The molecule has 1 aromatic heterocycles. The summed E-state index contributed by atoms with van der Waals surface area (Å²) in [6.45, 7) is 9.38. The SMILES string of the molecule is Bc1c(B)c(-c2cccc(-c3cccc4c5c(sc34)CCC=C5)c2C(C)(C)C)c(B)c(B)c1C. The topological polar surface area (TPSA) is 0 Å². The molecule has 1 aliphatic carbocycles. The van der Waals surface area contributed by atoms with E-state index < -0.39 is 0 Å². The van der Waals surface area contributed by atoms with E-state index >= 15 is 0 Å². The lowest BCUT2D eigenvalue weighted by molar-refractivity contribution is 0.594. The zero-order chi connectivity index (χ0) is 24.4. The molecule has 0 amide bonds. The van der Waals surface area contributed by atoms with E-state index in [0.29, 0.717) is 0 Å². The van der Waals surface area contributed by atoms with Crippen LogP contribution in [0.3, 0.4) is 0 Å². The van der Waals surface area contributed by atoms with Crippen LogP contribution < -0.4 is 21.9 Å². The van der Waals surface area contributed by atoms with Crippen molar-refractivity contribution < 1.29 is 0 Å². The normalized spacial score (nSPS) is 13.4. The lowest BCUT2D eigenvalue weighted by atomic mass is 9.62. The predicted molar refractivity (Wildman–Crippen MR) is 166 cm³/mol. The minimum Gasteiger partial charge on any atom is -0.139 e. The number of fused-ring (bicyclic) bond motifs is 3. The van der Waals surface area contributed by atoms with Crippen LogP contribution in [0.25, 0.3) is 38.4 Å². The van der Waals surface area contributed by atoms with Crippen molar-refractivity contribution >= 4 is 80.7 Å². The summed E-state index contributed by atoms with van der Waals surface area (Å²) >= 11 is 2.00. The van der Waals surface area contributed by atoms with Crippen LogP contribution in [-0.2, 0) is 11.8 Å². The molecule has 0 saturated heterocycles. The number of allylic oxidation sites excluding steroid dienone is 1. The summed E-state index contributed by atoms with van der Waals surface area (Å²) in [5.74, 6) is 0. The Morgan fingerprint density at radius 2 is 1.41 bits per heavy atom. The van der Waals surface area contributed by atoms with Crippen LogP contribution in [0.2, 0.25) is 0 Å². The Kier molecular flexibility index (Phi) is 5.76. The Hall–Kier alpha value is -2.38. The van der Waals surface area contributed by atoms with Gasteiger partial charge in [-0.25, -0.2) is 0 Å². The highest BCUT2D eigenvalue weighted by Crippen LogP contribution is 2.45. The Morgan fingerprint density at radius 3 is 2.09 bits per heavy atom. The molecule has 4 aromatic rings. The van der Waals surface area contributed by atoms with Gasteiger partial charge in [-0.15, -0.1) is 11.3 Å². The molecule has 34 heavy (non-hydrogen) atoms. The lowest BCUT2D eigenvalue weighted by Gasteiger charge is -2.30. The van der Waals surface area contributed by atoms with Crippen LogP contribution in [0, 0.1) is 6.92 Å². The number of hydrogen-bond acceptors (Lipinski definition) is 1. The zero-order valence-electron chi connectivity index (χ0n) is 21.9. The van der Waals surface area contributed by atoms with Gasteiger partial charge in [-0.3, -0.25) is 0 Å². The molecule has 0 spiro atoms. The molecule has 0 radical (unpaired) electrons. The van der Waals surface area contributed by atoms with Gasteiger partial charge in [-0.05, 0) is 58.6 Å². The summed E-state index contributed by atoms with van der Waals surface area (Å²) in [5, 5.41) is 1.41. The van der Waals surface area contributed by atoms with Crippen molar-refractivity contribution in [3.63, 3.8) is 0 Å². The summed E-state index contributed by atoms with van der Waals surface area (Å²) < 4.78 is 1.44. The standard InChI is InChI=1S/C29H32B4S/c1-15-24(30)26(32)22(27(33)25(15)31)20-13-7-10-17(23(20)29(2,3)4)19-12-8-11-18-16-9-5-6-14-21(16)34-28(18)19/h5,7-13H,6,14,30-33H2,1-4H3. The van der Waals surface area contributed by atoms with Gasteiger partial charge in [-0.2, -0.15) is 0 Å². The highest BCUT2D eigenvalue weighted by molar-refractivity contribution is 7.20.